The number of carbonyl (C=O) groups excluding carboxylic acids is 2. The van der Waals surface area contributed by atoms with Crippen molar-refractivity contribution in [1.29, 1.82) is 0 Å². The van der Waals surface area contributed by atoms with E-state index in [4.69, 9.17) is 0 Å². The number of aromatic nitrogens is 3. The monoisotopic (exact) mass is 417 g/mol. The predicted molar refractivity (Wildman–Crippen MR) is 117 cm³/mol. The Hall–Kier alpha value is -3.78. The van der Waals surface area contributed by atoms with Crippen LogP contribution in [0.15, 0.2) is 72.4 Å². The molecule has 0 bridgehead atoms. The number of anilines is 1. The van der Waals surface area contributed by atoms with Gasteiger partial charge in [0, 0.05) is 29.0 Å². The van der Waals surface area contributed by atoms with Crippen molar-refractivity contribution in [2.24, 2.45) is 0 Å². The van der Waals surface area contributed by atoms with E-state index >= 15 is 0 Å². The Morgan fingerprint density at radius 3 is 2.53 bits per heavy atom. The number of hydrogen-bond acceptors (Lipinski definition) is 5. The van der Waals surface area contributed by atoms with Crippen LogP contribution in [-0.2, 0) is 4.79 Å². The highest BCUT2D eigenvalue weighted by molar-refractivity contribution is 7.13. The lowest BCUT2D eigenvalue weighted by Gasteiger charge is -2.07. The number of benzene rings is 2. The molecule has 2 amide bonds. The molecule has 2 aromatic carbocycles. The Kier molecular flexibility index (Phi) is 5.67. The summed E-state index contributed by atoms with van der Waals surface area (Å²) in [6.07, 6.45) is 3.54. The average molecular weight is 417 g/mol. The second kappa shape index (κ2) is 8.71. The number of rotatable bonds is 6. The third kappa shape index (κ3) is 4.61. The maximum absolute atomic E-state index is 12.3. The first-order valence-electron chi connectivity index (χ1n) is 9.29. The van der Waals surface area contributed by atoms with Gasteiger partial charge in [-0.25, -0.2) is 9.67 Å². The predicted octanol–water partition coefficient (Wildman–Crippen LogP) is 3.67. The molecule has 0 radical (unpaired) electrons. The van der Waals surface area contributed by atoms with Gasteiger partial charge in [0.2, 0.25) is 5.91 Å². The van der Waals surface area contributed by atoms with Gasteiger partial charge in [-0.15, -0.1) is 11.3 Å². The van der Waals surface area contributed by atoms with Crippen LogP contribution in [0.5, 0.6) is 0 Å². The molecule has 0 aliphatic heterocycles. The molecule has 0 saturated heterocycles. The topological polar surface area (TPSA) is 88.9 Å². The van der Waals surface area contributed by atoms with Gasteiger partial charge >= 0.3 is 0 Å². The van der Waals surface area contributed by atoms with E-state index in [9.17, 15) is 9.59 Å². The van der Waals surface area contributed by atoms with E-state index in [-0.39, 0.29) is 18.4 Å². The summed E-state index contributed by atoms with van der Waals surface area (Å²) in [5.41, 5.74) is 3.95. The van der Waals surface area contributed by atoms with E-state index in [1.807, 2.05) is 55.6 Å². The number of hydrogen-bond donors (Lipinski definition) is 2. The molecule has 0 saturated carbocycles. The average Bonchev–Trinajstić information content (AvgIpc) is 3.46. The summed E-state index contributed by atoms with van der Waals surface area (Å²) in [4.78, 5) is 28.9. The van der Waals surface area contributed by atoms with Crippen molar-refractivity contribution in [2.75, 3.05) is 11.9 Å². The van der Waals surface area contributed by atoms with Gasteiger partial charge in [0.1, 0.15) is 10.7 Å². The molecule has 0 spiro atoms. The summed E-state index contributed by atoms with van der Waals surface area (Å²) in [5.74, 6) is -0.696. The quantitative estimate of drug-likeness (QED) is 0.501. The lowest BCUT2D eigenvalue weighted by molar-refractivity contribution is -0.115. The van der Waals surface area contributed by atoms with Gasteiger partial charge in [0.15, 0.2) is 0 Å². The van der Waals surface area contributed by atoms with Crippen molar-refractivity contribution in [2.45, 2.75) is 6.92 Å². The molecule has 4 aromatic rings. The summed E-state index contributed by atoms with van der Waals surface area (Å²) in [7, 11) is 0. The van der Waals surface area contributed by atoms with Crippen LogP contribution in [0.3, 0.4) is 0 Å². The van der Waals surface area contributed by atoms with Crippen molar-refractivity contribution in [1.82, 2.24) is 20.1 Å². The molecule has 30 heavy (non-hydrogen) atoms. The first-order valence-corrected chi connectivity index (χ1v) is 10.2. The normalized spacial score (nSPS) is 10.6. The lowest BCUT2D eigenvalue weighted by Crippen LogP contribution is -2.33. The number of thiazole rings is 1. The minimum atomic E-state index is -0.381. The molecule has 0 unspecified atom stereocenters. The molecule has 0 aliphatic rings. The zero-order chi connectivity index (χ0) is 20.9. The number of amides is 2. The van der Waals surface area contributed by atoms with Crippen molar-refractivity contribution >= 4 is 28.8 Å². The standard InChI is InChI=1S/C22H19N5O2S/c1-15-3-5-16(6-4-15)22-26-19(14-30-22)21(29)23-13-20(28)25-17-7-9-18(10-8-17)27-12-2-11-24-27/h2-12,14H,13H2,1H3,(H,23,29)(H,25,28). The number of carbonyl (C=O) groups is 2. The Morgan fingerprint density at radius 2 is 1.83 bits per heavy atom. The van der Waals surface area contributed by atoms with Gasteiger partial charge in [0.25, 0.3) is 5.91 Å². The van der Waals surface area contributed by atoms with Crippen molar-refractivity contribution < 1.29 is 9.59 Å². The fraction of sp³-hybridized carbons (Fsp3) is 0.0909. The molecule has 0 aliphatic carbocycles. The van der Waals surface area contributed by atoms with Gasteiger partial charge in [-0.1, -0.05) is 29.8 Å². The first-order chi connectivity index (χ1) is 14.6. The molecule has 2 heterocycles. The summed E-state index contributed by atoms with van der Waals surface area (Å²) in [5, 5.41) is 12.0. The highest BCUT2D eigenvalue weighted by atomic mass is 32.1. The molecule has 2 N–H and O–H groups in total. The summed E-state index contributed by atoms with van der Waals surface area (Å²) in [6.45, 7) is 1.88. The third-order valence-electron chi connectivity index (χ3n) is 4.36. The van der Waals surface area contributed by atoms with E-state index in [1.165, 1.54) is 11.3 Å². The maximum atomic E-state index is 12.3. The molecule has 4 rings (SSSR count). The van der Waals surface area contributed by atoms with Crippen LogP contribution in [0.1, 0.15) is 16.1 Å². The summed E-state index contributed by atoms with van der Waals surface area (Å²) >= 11 is 1.39. The van der Waals surface area contributed by atoms with Gasteiger partial charge < -0.3 is 10.6 Å². The van der Waals surface area contributed by atoms with Crippen LogP contribution < -0.4 is 10.6 Å². The molecular weight excluding hydrogens is 398 g/mol. The molecule has 2 aromatic heterocycles. The van der Waals surface area contributed by atoms with Crippen molar-refractivity contribution in [3.05, 3.63) is 83.6 Å². The smallest absolute Gasteiger partial charge is 0.271 e. The summed E-state index contributed by atoms with van der Waals surface area (Å²) in [6, 6.07) is 17.1. The molecule has 0 fully saturated rings. The van der Waals surface area contributed by atoms with E-state index in [0.29, 0.717) is 11.4 Å². The highest BCUT2D eigenvalue weighted by Gasteiger charge is 2.13. The van der Waals surface area contributed by atoms with Crippen LogP contribution in [0.25, 0.3) is 16.3 Å². The first kappa shape index (κ1) is 19.5. The Balaban J connectivity index is 1.30. The minimum absolute atomic E-state index is 0.142. The number of nitrogens with one attached hydrogen (secondary N) is 2. The SMILES string of the molecule is Cc1ccc(-c2nc(C(=O)NCC(=O)Nc3ccc(-n4cccn4)cc3)cs2)cc1. The van der Waals surface area contributed by atoms with Crippen LogP contribution in [0, 0.1) is 6.92 Å². The summed E-state index contributed by atoms with van der Waals surface area (Å²) < 4.78 is 1.73. The zero-order valence-corrected chi connectivity index (χ0v) is 17.0. The molecular formula is C22H19N5O2S. The van der Waals surface area contributed by atoms with E-state index in [1.54, 1.807) is 28.4 Å². The van der Waals surface area contributed by atoms with Gasteiger partial charge in [-0.05, 0) is 37.3 Å². The van der Waals surface area contributed by atoms with Gasteiger partial charge in [-0.2, -0.15) is 5.10 Å². The van der Waals surface area contributed by atoms with Gasteiger partial charge in [0.05, 0.1) is 12.2 Å². The van der Waals surface area contributed by atoms with Crippen LogP contribution >= 0.6 is 11.3 Å². The lowest BCUT2D eigenvalue weighted by atomic mass is 10.2. The number of nitrogens with zero attached hydrogens (tertiary/aromatic N) is 3. The van der Waals surface area contributed by atoms with Gasteiger partial charge in [-0.3, -0.25) is 9.59 Å². The second-order valence-corrected chi connectivity index (χ2v) is 7.49. The molecule has 8 heteroatoms. The Labute approximate surface area is 177 Å². The van der Waals surface area contributed by atoms with E-state index < -0.39 is 0 Å². The molecule has 150 valence electrons. The van der Waals surface area contributed by atoms with Crippen LogP contribution in [-0.4, -0.2) is 33.1 Å². The number of aryl methyl sites for hydroxylation is 1. The van der Waals surface area contributed by atoms with Crippen molar-refractivity contribution in [3.63, 3.8) is 0 Å². The highest BCUT2D eigenvalue weighted by Crippen LogP contribution is 2.24. The molecule has 7 nitrogen and oxygen atoms in total. The fourth-order valence-electron chi connectivity index (χ4n) is 2.78. The zero-order valence-electron chi connectivity index (χ0n) is 16.2. The van der Waals surface area contributed by atoms with Crippen LogP contribution in [0.2, 0.25) is 0 Å². The largest absolute Gasteiger partial charge is 0.342 e. The second-order valence-electron chi connectivity index (χ2n) is 6.63. The Bertz CT molecular complexity index is 1150. The van der Waals surface area contributed by atoms with Crippen LogP contribution in [0.4, 0.5) is 5.69 Å². The van der Waals surface area contributed by atoms with Crippen molar-refractivity contribution in [3.8, 4) is 16.3 Å². The maximum Gasteiger partial charge on any atom is 0.271 e. The Morgan fingerprint density at radius 1 is 1.07 bits per heavy atom. The van der Waals surface area contributed by atoms with E-state index in [2.05, 4.69) is 20.7 Å². The molecule has 0 atom stereocenters. The fourth-order valence-corrected chi connectivity index (χ4v) is 3.59. The third-order valence-corrected chi connectivity index (χ3v) is 5.26. The van der Waals surface area contributed by atoms with E-state index in [0.717, 1.165) is 21.8 Å². The minimum Gasteiger partial charge on any atom is -0.342 e.